The Bertz CT molecular complexity index is 573. The molecule has 2 N–H and O–H groups in total. The molecule has 5 heteroatoms. The molecule has 4 nitrogen and oxygen atoms in total. The van der Waals surface area contributed by atoms with E-state index in [2.05, 4.69) is 23.8 Å². The molecular weight excluding hydrogens is 258 g/mol. The quantitative estimate of drug-likeness (QED) is 0.913. The lowest BCUT2D eigenvalue weighted by molar-refractivity contribution is 0.0984. The Morgan fingerprint density at radius 3 is 2.68 bits per heavy atom. The van der Waals surface area contributed by atoms with Crippen molar-refractivity contribution in [3.05, 3.63) is 11.4 Å². The third kappa shape index (κ3) is 2.66. The highest BCUT2D eigenvalue weighted by molar-refractivity contribution is 7.16. The standard InChI is InChI=1S/C14H19N3OS/c1-8-5-9(2)7-10(6-8)18-12-11-3-4-19-13(11)17-14(15)16-12/h3-4,8-10H,5-7H2,1-2H3,(H2,15,16,17). The maximum absolute atomic E-state index is 6.12. The molecular formula is C14H19N3OS. The Labute approximate surface area is 117 Å². The molecule has 1 fully saturated rings. The van der Waals surface area contributed by atoms with Gasteiger partial charge in [-0.25, -0.2) is 4.98 Å². The lowest BCUT2D eigenvalue weighted by Gasteiger charge is -2.31. The summed E-state index contributed by atoms with van der Waals surface area (Å²) in [7, 11) is 0. The van der Waals surface area contributed by atoms with Gasteiger partial charge in [-0.15, -0.1) is 11.3 Å². The molecule has 0 aromatic carbocycles. The summed E-state index contributed by atoms with van der Waals surface area (Å²) in [4.78, 5) is 9.40. The maximum atomic E-state index is 6.12. The molecule has 0 bridgehead atoms. The number of ether oxygens (including phenoxy) is 1. The van der Waals surface area contributed by atoms with Crippen LogP contribution in [0.25, 0.3) is 10.2 Å². The van der Waals surface area contributed by atoms with Gasteiger partial charge in [-0.2, -0.15) is 4.98 Å². The molecule has 0 spiro atoms. The number of thiophene rings is 1. The van der Waals surface area contributed by atoms with Gasteiger partial charge >= 0.3 is 0 Å². The van der Waals surface area contributed by atoms with E-state index < -0.39 is 0 Å². The molecule has 3 rings (SSSR count). The average molecular weight is 277 g/mol. The second-order valence-corrected chi connectivity index (χ2v) is 6.58. The van der Waals surface area contributed by atoms with Crippen LogP contribution in [0.15, 0.2) is 11.4 Å². The van der Waals surface area contributed by atoms with Crippen LogP contribution in [0.5, 0.6) is 5.88 Å². The van der Waals surface area contributed by atoms with Gasteiger partial charge in [0.05, 0.1) is 5.39 Å². The van der Waals surface area contributed by atoms with Crippen LogP contribution in [0.1, 0.15) is 33.1 Å². The largest absolute Gasteiger partial charge is 0.474 e. The third-order valence-electron chi connectivity index (χ3n) is 3.72. The van der Waals surface area contributed by atoms with Gasteiger partial charge in [0.1, 0.15) is 10.9 Å². The van der Waals surface area contributed by atoms with E-state index in [0.717, 1.165) is 23.1 Å². The summed E-state index contributed by atoms with van der Waals surface area (Å²) in [5.41, 5.74) is 5.75. The van der Waals surface area contributed by atoms with Crippen molar-refractivity contribution in [3.63, 3.8) is 0 Å². The minimum atomic E-state index is 0.246. The number of aromatic nitrogens is 2. The van der Waals surface area contributed by atoms with E-state index in [1.807, 2.05) is 11.4 Å². The van der Waals surface area contributed by atoms with Crippen molar-refractivity contribution >= 4 is 27.5 Å². The van der Waals surface area contributed by atoms with Crippen LogP contribution in [-0.4, -0.2) is 16.1 Å². The topological polar surface area (TPSA) is 61.0 Å². The molecule has 2 heterocycles. The van der Waals surface area contributed by atoms with Crippen molar-refractivity contribution in [2.75, 3.05) is 5.73 Å². The number of fused-ring (bicyclic) bond motifs is 1. The second-order valence-electron chi connectivity index (χ2n) is 5.68. The number of rotatable bonds is 2. The monoisotopic (exact) mass is 277 g/mol. The molecule has 2 aromatic rings. The maximum Gasteiger partial charge on any atom is 0.227 e. The van der Waals surface area contributed by atoms with Gasteiger partial charge in [0, 0.05) is 0 Å². The summed E-state index contributed by atoms with van der Waals surface area (Å²) >= 11 is 1.57. The number of hydrogen-bond donors (Lipinski definition) is 1. The predicted molar refractivity (Wildman–Crippen MR) is 78.4 cm³/mol. The molecule has 2 atom stereocenters. The Hall–Kier alpha value is -1.36. The highest BCUT2D eigenvalue weighted by Gasteiger charge is 2.26. The third-order valence-corrected chi connectivity index (χ3v) is 4.53. The number of anilines is 1. The first-order valence-corrected chi connectivity index (χ1v) is 7.67. The first-order chi connectivity index (χ1) is 9.11. The fraction of sp³-hybridized carbons (Fsp3) is 0.571. The van der Waals surface area contributed by atoms with Crippen LogP contribution >= 0.6 is 11.3 Å². The van der Waals surface area contributed by atoms with E-state index >= 15 is 0 Å². The van der Waals surface area contributed by atoms with Gasteiger partial charge in [-0.05, 0) is 42.5 Å². The second kappa shape index (κ2) is 4.96. The smallest absolute Gasteiger partial charge is 0.227 e. The zero-order chi connectivity index (χ0) is 13.4. The molecule has 0 aliphatic heterocycles. The van der Waals surface area contributed by atoms with Gasteiger partial charge in [-0.1, -0.05) is 13.8 Å². The van der Waals surface area contributed by atoms with Crippen LogP contribution in [-0.2, 0) is 0 Å². The fourth-order valence-corrected chi connectivity index (χ4v) is 3.82. The van der Waals surface area contributed by atoms with Crippen LogP contribution in [0, 0.1) is 11.8 Å². The number of nitrogen functional groups attached to an aromatic ring is 1. The molecule has 1 saturated carbocycles. The van der Waals surface area contributed by atoms with Gasteiger partial charge in [-0.3, -0.25) is 0 Å². The highest BCUT2D eigenvalue weighted by Crippen LogP contribution is 2.34. The van der Waals surface area contributed by atoms with Crippen molar-refractivity contribution in [1.82, 2.24) is 9.97 Å². The van der Waals surface area contributed by atoms with Crippen molar-refractivity contribution in [1.29, 1.82) is 0 Å². The molecule has 0 saturated heterocycles. The fourth-order valence-electron chi connectivity index (χ4n) is 3.06. The summed E-state index contributed by atoms with van der Waals surface area (Å²) in [6.07, 6.45) is 3.73. The highest BCUT2D eigenvalue weighted by atomic mass is 32.1. The van der Waals surface area contributed by atoms with Crippen LogP contribution in [0.3, 0.4) is 0 Å². The number of hydrogen-bond acceptors (Lipinski definition) is 5. The molecule has 2 unspecified atom stereocenters. The summed E-state index contributed by atoms with van der Waals surface area (Å²) in [5.74, 6) is 2.37. The van der Waals surface area contributed by atoms with Crippen molar-refractivity contribution in [2.45, 2.75) is 39.2 Å². The Kier molecular flexibility index (Phi) is 3.31. The average Bonchev–Trinajstić information content (AvgIpc) is 2.75. The zero-order valence-electron chi connectivity index (χ0n) is 11.3. The number of nitrogens with zero attached hydrogens (tertiary/aromatic N) is 2. The van der Waals surface area contributed by atoms with Crippen molar-refractivity contribution in [2.24, 2.45) is 11.8 Å². The van der Waals surface area contributed by atoms with E-state index in [9.17, 15) is 0 Å². The summed E-state index contributed by atoms with van der Waals surface area (Å²) in [6.45, 7) is 4.58. The van der Waals surface area contributed by atoms with E-state index in [1.165, 1.54) is 6.42 Å². The van der Waals surface area contributed by atoms with Gasteiger partial charge in [0.25, 0.3) is 0 Å². The van der Waals surface area contributed by atoms with E-state index in [-0.39, 0.29) is 6.10 Å². The summed E-state index contributed by atoms with van der Waals surface area (Å²) in [5, 5.41) is 2.97. The molecule has 0 radical (unpaired) electrons. The molecule has 2 aromatic heterocycles. The van der Waals surface area contributed by atoms with Gasteiger partial charge < -0.3 is 10.5 Å². The summed E-state index contributed by atoms with van der Waals surface area (Å²) < 4.78 is 6.12. The first-order valence-electron chi connectivity index (χ1n) is 6.79. The minimum absolute atomic E-state index is 0.246. The first kappa shape index (κ1) is 12.7. The molecule has 19 heavy (non-hydrogen) atoms. The Balaban J connectivity index is 1.86. The van der Waals surface area contributed by atoms with E-state index in [4.69, 9.17) is 10.5 Å². The van der Waals surface area contributed by atoms with Crippen LogP contribution in [0.2, 0.25) is 0 Å². The minimum Gasteiger partial charge on any atom is -0.474 e. The lowest BCUT2D eigenvalue weighted by atomic mass is 9.82. The van der Waals surface area contributed by atoms with Crippen LogP contribution in [0.4, 0.5) is 5.95 Å². The Morgan fingerprint density at radius 1 is 1.21 bits per heavy atom. The molecule has 1 aliphatic carbocycles. The number of nitrogens with two attached hydrogens (primary N) is 1. The lowest BCUT2D eigenvalue weighted by Crippen LogP contribution is -2.28. The van der Waals surface area contributed by atoms with Crippen molar-refractivity contribution in [3.8, 4) is 5.88 Å². The molecule has 0 amide bonds. The van der Waals surface area contributed by atoms with Gasteiger partial charge in [0.2, 0.25) is 11.8 Å². The Morgan fingerprint density at radius 2 is 1.95 bits per heavy atom. The van der Waals surface area contributed by atoms with Gasteiger partial charge in [0.15, 0.2) is 0 Å². The SMILES string of the molecule is CC1CC(C)CC(Oc2nc(N)nc3sccc23)C1. The predicted octanol–water partition coefficient (Wildman–Crippen LogP) is 3.48. The van der Waals surface area contributed by atoms with E-state index in [0.29, 0.717) is 23.7 Å². The molecule has 102 valence electrons. The zero-order valence-corrected chi connectivity index (χ0v) is 12.1. The van der Waals surface area contributed by atoms with Crippen molar-refractivity contribution < 1.29 is 4.74 Å². The van der Waals surface area contributed by atoms with Crippen LogP contribution < -0.4 is 10.5 Å². The molecule has 1 aliphatic rings. The van der Waals surface area contributed by atoms with E-state index in [1.54, 1.807) is 11.3 Å². The summed E-state index contributed by atoms with van der Waals surface area (Å²) in [6, 6.07) is 2.00. The normalized spacial score (nSPS) is 27.6.